The maximum atomic E-state index is 12.6. The lowest BCUT2D eigenvalue weighted by atomic mass is 9.91. The van der Waals surface area contributed by atoms with Crippen LogP contribution in [0.15, 0.2) is 24.3 Å². The summed E-state index contributed by atoms with van der Waals surface area (Å²) in [5, 5.41) is 0. The lowest BCUT2D eigenvalue weighted by Crippen LogP contribution is -2.03. The van der Waals surface area contributed by atoms with Gasteiger partial charge in [0.1, 0.15) is 11.5 Å². The highest BCUT2D eigenvalue weighted by molar-refractivity contribution is 6.03. The Morgan fingerprint density at radius 1 is 0.769 bits per heavy atom. The number of ketones is 1. The zero-order valence-corrected chi connectivity index (χ0v) is 15.5. The molecule has 1 aliphatic rings. The molecule has 0 radical (unpaired) electrons. The number of carbonyl (C=O) groups is 1. The van der Waals surface area contributed by atoms with Gasteiger partial charge in [-0.25, -0.2) is 0 Å². The molecule has 0 heterocycles. The summed E-state index contributed by atoms with van der Waals surface area (Å²) in [6.07, 6.45) is 0.345. The number of hydrogen-bond donors (Lipinski definition) is 0. The molecule has 1 aliphatic carbocycles. The summed E-state index contributed by atoms with van der Waals surface area (Å²) >= 11 is 0. The number of carbonyl (C=O) groups excluding carboxylic acids is 1. The van der Waals surface area contributed by atoms with Crippen LogP contribution in [-0.4, -0.2) is 41.3 Å². The van der Waals surface area contributed by atoms with Crippen LogP contribution in [0, 0.1) is 0 Å². The van der Waals surface area contributed by atoms with Gasteiger partial charge in [-0.15, -0.1) is 0 Å². The van der Waals surface area contributed by atoms with Crippen molar-refractivity contribution < 1.29 is 28.5 Å². The highest BCUT2D eigenvalue weighted by Gasteiger charge is 2.35. The summed E-state index contributed by atoms with van der Waals surface area (Å²) in [4.78, 5) is 12.6. The molecule has 0 fully saturated rings. The number of hydrogen-bond acceptors (Lipinski definition) is 6. The van der Waals surface area contributed by atoms with E-state index in [-0.39, 0.29) is 11.7 Å². The molecule has 0 aliphatic heterocycles. The minimum atomic E-state index is -0.160. The van der Waals surface area contributed by atoms with Crippen LogP contribution in [0.25, 0.3) is 0 Å². The first kappa shape index (κ1) is 17.9. The number of benzene rings is 2. The van der Waals surface area contributed by atoms with E-state index in [1.807, 2.05) is 12.1 Å². The van der Waals surface area contributed by atoms with Crippen LogP contribution >= 0.6 is 0 Å². The van der Waals surface area contributed by atoms with Crippen molar-refractivity contribution in [2.24, 2.45) is 0 Å². The van der Waals surface area contributed by atoms with Gasteiger partial charge >= 0.3 is 0 Å². The maximum Gasteiger partial charge on any atom is 0.203 e. The van der Waals surface area contributed by atoms with Crippen LogP contribution in [0.5, 0.6) is 28.7 Å². The average Bonchev–Trinajstić information content (AvgIpc) is 3.02. The molecule has 0 aromatic heterocycles. The van der Waals surface area contributed by atoms with Crippen molar-refractivity contribution in [2.75, 3.05) is 35.5 Å². The summed E-state index contributed by atoms with van der Waals surface area (Å²) in [5.41, 5.74) is 2.38. The lowest BCUT2D eigenvalue weighted by Gasteiger charge is -2.19. The van der Waals surface area contributed by atoms with Gasteiger partial charge in [0.25, 0.3) is 0 Å². The van der Waals surface area contributed by atoms with E-state index in [1.165, 1.54) is 0 Å². The Hall–Kier alpha value is -2.89. The molecular weight excluding hydrogens is 336 g/mol. The van der Waals surface area contributed by atoms with Gasteiger partial charge in [0.15, 0.2) is 17.3 Å². The average molecular weight is 358 g/mol. The van der Waals surface area contributed by atoms with Crippen molar-refractivity contribution in [2.45, 2.75) is 12.3 Å². The molecule has 6 heteroatoms. The standard InChI is InChI=1S/C20H22O6/c1-22-12-8-14-15(21)10-13(19(14)16(9-12)23-2)11-6-17(24-3)20(26-5)18(7-11)25-4/h6-9,13H,10H2,1-5H3. The van der Waals surface area contributed by atoms with E-state index in [4.69, 9.17) is 23.7 Å². The zero-order chi connectivity index (χ0) is 18.8. The summed E-state index contributed by atoms with van der Waals surface area (Å²) < 4.78 is 27.1. The molecule has 2 aromatic rings. The van der Waals surface area contributed by atoms with Crippen molar-refractivity contribution >= 4 is 5.78 Å². The predicted octanol–water partition coefficient (Wildman–Crippen LogP) is 3.45. The maximum absolute atomic E-state index is 12.6. The molecule has 26 heavy (non-hydrogen) atoms. The number of rotatable bonds is 6. The van der Waals surface area contributed by atoms with E-state index in [0.717, 1.165) is 11.1 Å². The Bertz CT molecular complexity index is 817. The quantitative estimate of drug-likeness (QED) is 0.788. The Balaban J connectivity index is 2.18. The van der Waals surface area contributed by atoms with Crippen molar-refractivity contribution in [1.82, 2.24) is 0 Å². The highest BCUT2D eigenvalue weighted by Crippen LogP contribution is 2.48. The second kappa shape index (κ2) is 7.15. The van der Waals surface area contributed by atoms with Gasteiger partial charge < -0.3 is 23.7 Å². The van der Waals surface area contributed by atoms with E-state index >= 15 is 0 Å². The van der Waals surface area contributed by atoms with E-state index in [2.05, 4.69) is 0 Å². The van der Waals surface area contributed by atoms with Gasteiger partial charge in [-0.1, -0.05) is 0 Å². The molecule has 6 nitrogen and oxygen atoms in total. The summed E-state index contributed by atoms with van der Waals surface area (Å²) in [7, 11) is 7.85. The van der Waals surface area contributed by atoms with Gasteiger partial charge in [-0.05, 0) is 23.8 Å². The molecule has 0 N–H and O–H groups in total. The van der Waals surface area contributed by atoms with E-state index < -0.39 is 0 Å². The van der Waals surface area contributed by atoms with Gasteiger partial charge in [-0.3, -0.25) is 4.79 Å². The third-order valence-electron chi connectivity index (χ3n) is 4.70. The SMILES string of the molecule is COc1cc(OC)c2c(c1)C(=O)CC2c1cc(OC)c(OC)c(OC)c1. The van der Waals surface area contributed by atoms with E-state index in [1.54, 1.807) is 47.7 Å². The summed E-state index contributed by atoms with van der Waals surface area (Å²) in [6.45, 7) is 0. The smallest absolute Gasteiger partial charge is 0.203 e. The molecule has 0 amide bonds. The first-order valence-electron chi connectivity index (χ1n) is 8.16. The highest BCUT2D eigenvalue weighted by atomic mass is 16.5. The number of ether oxygens (including phenoxy) is 5. The van der Waals surface area contributed by atoms with Crippen molar-refractivity contribution in [1.29, 1.82) is 0 Å². The fourth-order valence-corrected chi connectivity index (χ4v) is 3.46. The number of Topliss-reactive ketones (excluding diaryl/α,β-unsaturated/α-hetero) is 1. The van der Waals surface area contributed by atoms with Crippen LogP contribution in [0.4, 0.5) is 0 Å². The second-order valence-electron chi connectivity index (χ2n) is 5.93. The van der Waals surface area contributed by atoms with Gasteiger partial charge in [0.2, 0.25) is 5.75 Å². The van der Waals surface area contributed by atoms with E-state index in [9.17, 15) is 4.79 Å². The topological polar surface area (TPSA) is 63.2 Å². The van der Waals surface area contributed by atoms with Crippen LogP contribution in [0.3, 0.4) is 0 Å². The largest absolute Gasteiger partial charge is 0.497 e. The number of methoxy groups -OCH3 is 5. The molecule has 0 saturated carbocycles. The monoisotopic (exact) mass is 358 g/mol. The molecule has 2 aromatic carbocycles. The Labute approximate surface area is 152 Å². The van der Waals surface area contributed by atoms with Crippen LogP contribution in [0.1, 0.15) is 33.8 Å². The Morgan fingerprint density at radius 2 is 1.38 bits per heavy atom. The van der Waals surface area contributed by atoms with Gasteiger partial charge in [-0.2, -0.15) is 0 Å². The Kier molecular flexibility index (Phi) is 4.93. The molecular formula is C20H22O6. The fraction of sp³-hybridized carbons (Fsp3) is 0.350. The molecule has 0 spiro atoms. The molecule has 1 atom stereocenters. The molecule has 0 bridgehead atoms. The second-order valence-corrected chi connectivity index (χ2v) is 5.93. The first-order chi connectivity index (χ1) is 12.6. The molecule has 1 unspecified atom stereocenters. The normalized spacial score (nSPS) is 15.4. The molecule has 138 valence electrons. The third kappa shape index (κ3) is 2.81. The number of fused-ring (bicyclic) bond motifs is 1. The molecule has 0 saturated heterocycles. The fourth-order valence-electron chi connectivity index (χ4n) is 3.46. The van der Waals surface area contributed by atoms with Crippen molar-refractivity contribution in [3.05, 3.63) is 41.0 Å². The van der Waals surface area contributed by atoms with Crippen LogP contribution in [0.2, 0.25) is 0 Å². The van der Waals surface area contributed by atoms with Crippen molar-refractivity contribution in [3.8, 4) is 28.7 Å². The lowest BCUT2D eigenvalue weighted by molar-refractivity contribution is 0.0991. The van der Waals surface area contributed by atoms with Crippen molar-refractivity contribution in [3.63, 3.8) is 0 Å². The summed E-state index contributed by atoms with van der Waals surface area (Å²) in [5.74, 6) is 2.74. The third-order valence-corrected chi connectivity index (χ3v) is 4.70. The van der Waals surface area contributed by atoms with Gasteiger partial charge in [0.05, 0.1) is 35.5 Å². The van der Waals surface area contributed by atoms with Crippen LogP contribution < -0.4 is 23.7 Å². The minimum Gasteiger partial charge on any atom is -0.497 e. The first-order valence-corrected chi connectivity index (χ1v) is 8.16. The van der Waals surface area contributed by atoms with Gasteiger partial charge in [0, 0.05) is 29.5 Å². The van der Waals surface area contributed by atoms with E-state index in [0.29, 0.717) is 40.7 Å². The molecule has 3 rings (SSSR count). The Morgan fingerprint density at radius 3 is 1.88 bits per heavy atom. The zero-order valence-electron chi connectivity index (χ0n) is 15.5. The summed E-state index contributed by atoms with van der Waals surface area (Å²) in [6, 6.07) is 7.30. The minimum absolute atomic E-state index is 0.0518. The van der Waals surface area contributed by atoms with Crippen LogP contribution in [-0.2, 0) is 0 Å². The predicted molar refractivity (Wildman–Crippen MR) is 96.4 cm³/mol.